The lowest BCUT2D eigenvalue weighted by molar-refractivity contribution is -0.137. The predicted molar refractivity (Wildman–Crippen MR) is 111 cm³/mol. The van der Waals surface area contributed by atoms with Gasteiger partial charge in [0.05, 0.1) is 12.8 Å². The average molecular weight is 384 g/mol. The van der Waals surface area contributed by atoms with Gasteiger partial charge in [0.25, 0.3) is 0 Å². The average Bonchev–Trinajstić information content (AvgIpc) is 3.24. The number of allylic oxidation sites excluding steroid dienone is 6. The molecule has 4 atom stereocenters. The summed E-state index contributed by atoms with van der Waals surface area (Å²) in [4.78, 5) is 16.5. The molecule has 150 valence electrons. The number of nitrogens with zero attached hydrogens (tertiary/aromatic N) is 2. The fraction of sp³-hybridized carbons (Fsp3) is 0.478. The number of halogens is 1. The van der Waals surface area contributed by atoms with Gasteiger partial charge in [0.1, 0.15) is 5.83 Å². The monoisotopic (exact) mass is 384 g/mol. The zero-order chi connectivity index (χ0) is 20.5. The van der Waals surface area contributed by atoms with E-state index in [1.807, 2.05) is 6.08 Å². The molecule has 0 N–H and O–H groups in total. The molecule has 5 heteroatoms. The van der Waals surface area contributed by atoms with Crippen LogP contribution in [0.2, 0.25) is 0 Å². The van der Waals surface area contributed by atoms with E-state index in [9.17, 15) is 9.18 Å². The molecule has 28 heavy (non-hydrogen) atoms. The van der Waals surface area contributed by atoms with E-state index in [0.29, 0.717) is 17.5 Å². The van der Waals surface area contributed by atoms with Crippen LogP contribution in [-0.4, -0.2) is 48.9 Å². The highest BCUT2D eigenvalue weighted by Crippen LogP contribution is 2.70. The van der Waals surface area contributed by atoms with Crippen LogP contribution in [-0.2, 0) is 9.53 Å². The number of hydrogen-bond donors (Lipinski definition) is 0. The molecular weight excluding hydrogens is 355 g/mol. The molecule has 1 saturated carbocycles. The van der Waals surface area contributed by atoms with Gasteiger partial charge in [-0.2, -0.15) is 0 Å². The molecule has 2 aliphatic carbocycles. The smallest absolute Gasteiger partial charge is 0.302 e. The van der Waals surface area contributed by atoms with Crippen molar-refractivity contribution in [3.63, 3.8) is 0 Å². The van der Waals surface area contributed by atoms with Crippen molar-refractivity contribution >= 4 is 11.7 Å². The van der Waals surface area contributed by atoms with Gasteiger partial charge in [-0.1, -0.05) is 18.7 Å². The van der Waals surface area contributed by atoms with Gasteiger partial charge in [-0.3, -0.25) is 14.7 Å². The minimum atomic E-state index is -0.245. The Hall–Kier alpha value is -2.27. The molecule has 4 rings (SSSR count). The Balaban J connectivity index is 0.000000403. The number of ether oxygens (including phenoxy) is 1. The zero-order valence-corrected chi connectivity index (χ0v) is 17.0. The number of methoxy groups -OCH3 is 1. The first-order valence-electron chi connectivity index (χ1n) is 9.74. The second-order valence-electron chi connectivity index (χ2n) is 7.71. The van der Waals surface area contributed by atoms with Gasteiger partial charge >= 0.3 is 5.97 Å². The van der Waals surface area contributed by atoms with Gasteiger partial charge in [0.15, 0.2) is 0 Å². The fourth-order valence-corrected chi connectivity index (χ4v) is 5.23. The molecule has 0 radical (unpaired) electrons. The van der Waals surface area contributed by atoms with Crippen LogP contribution in [0.3, 0.4) is 0 Å². The lowest BCUT2D eigenvalue weighted by Crippen LogP contribution is -2.57. The first-order chi connectivity index (χ1) is 13.4. The Labute approximate surface area is 166 Å². The third kappa shape index (κ3) is 3.32. The van der Waals surface area contributed by atoms with Crippen LogP contribution in [0.1, 0.15) is 26.2 Å². The van der Waals surface area contributed by atoms with E-state index in [4.69, 9.17) is 0 Å². The number of rotatable bonds is 4. The topological polar surface area (TPSA) is 41.9 Å². The molecule has 4 aliphatic rings. The first kappa shape index (κ1) is 20.5. The molecule has 2 saturated heterocycles. The fourth-order valence-electron chi connectivity index (χ4n) is 5.23. The second kappa shape index (κ2) is 8.00. The summed E-state index contributed by atoms with van der Waals surface area (Å²) in [6.07, 6.45) is 12.3. The summed E-state index contributed by atoms with van der Waals surface area (Å²) in [5.41, 5.74) is 3.25. The van der Waals surface area contributed by atoms with Crippen molar-refractivity contribution in [2.75, 3.05) is 20.7 Å². The van der Waals surface area contributed by atoms with Crippen LogP contribution in [0, 0.1) is 11.8 Å². The lowest BCUT2D eigenvalue weighted by Gasteiger charge is -2.49. The van der Waals surface area contributed by atoms with Gasteiger partial charge < -0.3 is 4.74 Å². The van der Waals surface area contributed by atoms with Crippen molar-refractivity contribution in [2.45, 2.75) is 37.8 Å². The maximum absolute atomic E-state index is 13.7. The van der Waals surface area contributed by atoms with Crippen LogP contribution in [0.15, 0.2) is 65.5 Å². The van der Waals surface area contributed by atoms with Gasteiger partial charge in [0, 0.05) is 31.1 Å². The summed E-state index contributed by atoms with van der Waals surface area (Å²) in [7, 11) is 3.10. The second-order valence-corrected chi connectivity index (χ2v) is 7.71. The van der Waals surface area contributed by atoms with Gasteiger partial charge in [-0.05, 0) is 61.4 Å². The molecule has 0 amide bonds. The normalized spacial score (nSPS) is 35.5. The summed E-state index contributed by atoms with van der Waals surface area (Å²) < 4.78 is 17.8. The van der Waals surface area contributed by atoms with Crippen LogP contribution in [0.5, 0.6) is 0 Å². The molecule has 1 spiro atoms. The maximum atomic E-state index is 13.7. The van der Waals surface area contributed by atoms with E-state index < -0.39 is 0 Å². The number of carbonyl (C=O) groups is 1. The van der Waals surface area contributed by atoms with E-state index in [1.54, 1.807) is 19.2 Å². The zero-order valence-electron chi connectivity index (χ0n) is 17.0. The van der Waals surface area contributed by atoms with Gasteiger partial charge in [-0.25, -0.2) is 4.39 Å². The van der Waals surface area contributed by atoms with Crippen molar-refractivity contribution < 1.29 is 13.9 Å². The number of aliphatic imine (C=N–C) groups is 1. The third-order valence-corrected chi connectivity index (χ3v) is 6.55. The summed E-state index contributed by atoms with van der Waals surface area (Å²) in [5.74, 6) is 1.06. The Kier molecular flexibility index (Phi) is 5.84. The van der Waals surface area contributed by atoms with Crippen LogP contribution in [0.4, 0.5) is 4.39 Å². The van der Waals surface area contributed by atoms with Crippen LogP contribution >= 0.6 is 0 Å². The highest BCUT2D eigenvalue weighted by molar-refractivity contribution is 6.12. The van der Waals surface area contributed by atoms with E-state index in [-0.39, 0.29) is 11.8 Å². The van der Waals surface area contributed by atoms with E-state index in [1.165, 1.54) is 39.5 Å². The minimum absolute atomic E-state index is 0.216. The largest absolute Gasteiger partial charge is 0.469 e. The summed E-state index contributed by atoms with van der Waals surface area (Å²) in [6.45, 7) is 10.5. The Bertz CT molecular complexity index is 807. The maximum Gasteiger partial charge on any atom is 0.302 e. The van der Waals surface area contributed by atoms with Gasteiger partial charge in [-0.15, -0.1) is 6.58 Å². The van der Waals surface area contributed by atoms with Gasteiger partial charge in [0.2, 0.25) is 0 Å². The van der Waals surface area contributed by atoms with Crippen molar-refractivity contribution in [3.8, 4) is 0 Å². The Morgan fingerprint density at radius 3 is 2.71 bits per heavy atom. The minimum Gasteiger partial charge on any atom is -0.469 e. The van der Waals surface area contributed by atoms with Crippen LogP contribution in [0.25, 0.3) is 0 Å². The highest BCUT2D eigenvalue weighted by Gasteiger charge is 2.75. The van der Waals surface area contributed by atoms with Crippen molar-refractivity contribution in [1.29, 1.82) is 0 Å². The molecule has 4 unspecified atom stereocenters. The van der Waals surface area contributed by atoms with Crippen LogP contribution < -0.4 is 0 Å². The number of hydrogen-bond acceptors (Lipinski definition) is 4. The molecule has 2 aliphatic heterocycles. The third-order valence-electron chi connectivity index (χ3n) is 6.55. The number of piperidine rings is 1. The molecule has 2 heterocycles. The number of esters is 1. The molecule has 0 aromatic carbocycles. The van der Waals surface area contributed by atoms with E-state index >= 15 is 0 Å². The Morgan fingerprint density at radius 2 is 2.18 bits per heavy atom. The van der Waals surface area contributed by atoms with E-state index in [0.717, 1.165) is 29.2 Å². The first-order valence-corrected chi connectivity index (χ1v) is 9.74. The van der Waals surface area contributed by atoms with E-state index in [2.05, 4.69) is 33.9 Å². The molecule has 0 aromatic rings. The molecule has 3 fully saturated rings. The SMILES string of the molecule is C=C/C(CC1CC23C(C=C)C2CCN13)=C1/C=C(F)C=CC1=NC.COC(C)=O. The summed E-state index contributed by atoms with van der Waals surface area (Å²) in [6, 6.07) is 0.547. The van der Waals surface area contributed by atoms with Crippen molar-refractivity contribution in [3.05, 3.63) is 60.5 Å². The Morgan fingerprint density at radius 1 is 1.46 bits per heavy atom. The molecule has 0 aromatic heterocycles. The molecule has 4 nitrogen and oxygen atoms in total. The molecular formula is C23H29FN2O2. The summed E-state index contributed by atoms with van der Waals surface area (Å²) >= 11 is 0. The number of carbonyl (C=O) groups excluding carboxylic acids is 1. The van der Waals surface area contributed by atoms with Crippen molar-refractivity contribution in [1.82, 2.24) is 4.90 Å². The standard InChI is InChI=1S/C20H23FN2.C3H6O2/c1-4-13(16-11-14(21)6-7-19(16)22-3)10-15-12-20-17(5-2)18(20)8-9-23(15)20;1-3(4)5-2/h4-7,11,15,17-18H,1-2,8-10,12H2,3H3;1-2H3/b16-13+,22-19?;. The van der Waals surface area contributed by atoms with Crippen molar-refractivity contribution in [2.24, 2.45) is 16.8 Å². The lowest BCUT2D eigenvalue weighted by atomic mass is 9.83. The molecule has 0 bridgehead atoms. The predicted octanol–water partition coefficient (Wildman–Crippen LogP) is 4.18. The highest BCUT2D eigenvalue weighted by atomic mass is 19.1. The quantitative estimate of drug-likeness (QED) is 0.539. The summed E-state index contributed by atoms with van der Waals surface area (Å²) in [5, 5.41) is 0.